The molecule has 1 aromatic heterocycles. The molecule has 0 aliphatic carbocycles. The van der Waals surface area contributed by atoms with Crippen molar-refractivity contribution in [1.82, 2.24) is 30.8 Å². The Hall–Kier alpha value is -6.36. The van der Waals surface area contributed by atoms with Gasteiger partial charge in [0.15, 0.2) is 5.78 Å². The summed E-state index contributed by atoms with van der Waals surface area (Å²) in [5.74, 6) is -2.09. The molecule has 4 N–H and O–H groups in total. The van der Waals surface area contributed by atoms with Crippen LogP contribution in [-0.2, 0) is 42.4 Å². The van der Waals surface area contributed by atoms with Gasteiger partial charge in [-0.3, -0.25) is 24.0 Å². The average Bonchev–Trinajstić information content (AvgIpc) is 3.71. The van der Waals surface area contributed by atoms with Crippen LogP contribution in [0.25, 0.3) is 0 Å². The number of nitrogens with one attached hydrogen (secondary N) is 4. The van der Waals surface area contributed by atoms with Gasteiger partial charge in [-0.25, -0.2) is 4.98 Å². The number of hydrogen-bond acceptors (Lipinski definition) is 6. The highest BCUT2D eigenvalue weighted by Gasteiger charge is 2.40. The number of ketones is 1. The number of hydrogen-bond donors (Lipinski definition) is 4. The molecule has 0 spiro atoms. The number of nitrogens with zero attached hydrogens (tertiary/aromatic N) is 2. The zero-order valence-electron chi connectivity index (χ0n) is 34.0. The van der Waals surface area contributed by atoms with E-state index in [4.69, 9.17) is 0 Å². The van der Waals surface area contributed by atoms with Crippen molar-refractivity contribution in [3.8, 4) is 0 Å². The van der Waals surface area contributed by atoms with Gasteiger partial charge in [0.1, 0.15) is 23.7 Å². The molecule has 1 saturated heterocycles. The van der Waals surface area contributed by atoms with Gasteiger partial charge >= 0.3 is 0 Å². The predicted octanol–water partition coefficient (Wildman–Crippen LogP) is 5.66. The van der Waals surface area contributed by atoms with Crippen LogP contribution in [-0.4, -0.2) is 63.1 Å². The predicted molar refractivity (Wildman–Crippen MR) is 227 cm³/mol. The Kier molecular flexibility index (Phi) is 14.2. The van der Waals surface area contributed by atoms with Crippen LogP contribution in [0.1, 0.15) is 80.8 Å². The topological polar surface area (TPSA) is 151 Å². The van der Waals surface area contributed by atoms with Crippen LogP contribution in [0.15, 0.2) is 134 Å². The summed E-state index contributed by atoms with van der Waals surface area (Å²) in [7, 11) is 0. The summed E-state index contributed by atoms with van der Waals surface area (Å²) >= 11 is 0. The summed E-state index contributed by atoms with van der Waals surface area (Å²) in [6, 6.07) is 35.8. The molecule has 1 fully saturated rings. The molecule has 0 bridgehead atoms. The number of imidazole rings is 1. The Bertz CT molecular complexity index is 2080. The molecule has 306 valence electrons. The maximum absolute atomic E-state index is 14.2. The Morgan fingerprint density at radius 1 is 0.610 bits per heavy atom. The molecule has 1 aliphatic rings. The van der Waals surface area contributed by atoms with Crippen LogP contribution in [0.4, 0.5) is 0 Å². The van der Waals surface area contributed by atoms with Gasteiger partial charge < -0.3 is 25.8 Å². The number of carbonyl (C=O) groups excluding carboxylic acids is 5. The summed E-state index contributed by atoms with van der Waals surface area (Å²) in [6.07, 6.45) is 5.09. The maximum Gasteiger partial charge on any atom is 0.243 e. The quantitative estimate of drug-likeness (QED) is 0.134. The van der Waals surface area contributed by atoms with Gasteiger partial charge in [-0.1, -0.05) is 135 Å². The second kappa shape index (κ2) is 19.9. The molecule has 1 aliphatic heterocycles. The van der Waals surface area contributed by atoms with E-state index in [2.05, 4.69) is 67.2 Å². The van der Waals surface area contributed by atoms with Gasteiger partial charge in [0.05, 0.1) is 12.4 Å². The van der Waals surface area contributed by atoms with Gasteiger partial charge in [0.2, 0.25) is 23.6 Å². The van der Waals surface area contributed by atoms with Crippen molar-refractivity contribution < 1.29 is 24.0 Å². The largest absolute Gasteiger partial charge is 0.344 e. The fourth-order valence-corrected chi connectivity index (χ4v) is 7.92. The zero-order chi connectivity index (χ0) is 41.8. The lowest BCUT2D eigenvalue weighted by Crippen LogP contribution is -2.57. The highest BCUT2D eigenvalue weighted by atomic mass is 16.2. The van der Waals surface area contributed by atoms with Crippen LogP contribution < -0.4 is 21.3 Å². The lowest BCUT2D eigenvalue weighted by molar-refractivity contribution is -0.134. The smallest absolute Gasteiger partial charge is 0.243 e. The van der Waals surface area contributed by atoms with Crippen LogP contribution in [0.5, 0.6) is 0 Å². The van der Waals surface area contributed by atoms with Crippen molar-refractivity contribution >= 4 is 29.4 Å². The number of carbonyl (C=O) groups is 5. The van der Waals surface area contributed by atoms with Crippen LogP contribution in [0.3, 0.4) is 0 Å². The summed E-state index contributed by atoms with van der Waals surface area (Å²) in [5.41, 5.74) is 3.58. The van der Waals surface area contributed by atoms with Gasteiger partial charge in [0.25, 0.3) is 0 Å². The summed E-state index contributed by atoms with van der Waals surface area (Å²) < 4.78 is 2.08. The van der Waals surface area contributed by atoms with Gasteiger partial charge in [-0.2, -0.15) is 0 Å². The molecule has 11 heteroatoms. The maximum atomic E-state index is 14.2. The van der Waals surface area contributed by atoms with Gasteiger partial charge in [-0.05, 0) is 54.4 Å². The van der Waals surface area contributed by atoms with Crippen molar-refractivity contribution in [3.05, 3.63) is 162 Å². The molecule has 5 aromatic rings. The first-order valence-corrected chi connectivity index (χ1v) is 20.5. The van der Waals surface area contributed by atoms with E-state index in [1.165, 1.54) is 0 Å². The zero-order valence-corrected chi connectivity index (χ0v) is 34.0. The van der Waals surface area contributed by atoms with Crippen molar-refractivity contribution in [2.45, 2.75) is 95.4 Å². The lowest BCUT2D eigenvalue weighted by Gasteiger charge is -2.39. The third-order valence-electron chi connectivity index (χ3n) is 10.9. The number of Topliss-reactive ketones (excluding diaryl/α,β-unsaturated/α-hetero) is 1. The second-order valence-corrected chi connectivity index (χ2v) is 15.7. The average molecular weight is 795 g/mol. The Balaban J connectivity index is 1.33. The Morgan fingerprint density at radius 3 is 1.68 bits per heavy atom. The van der Waals surface area contributed by atoms with Crippen LogP contribution >= 0.6 is 0 Å². The molecule has 59 heavy (non-hydrogen) atoms. The molecule has 4 aromatic carbocycles. The van der Waals surface area contributed by atoms with Crippen molar-refractivity contribution in [2.24, 2.45) is 5.92 Å². The molecule has 4 amide bonds. The summed E-state index contributed by atoms with van der Waals surface area (Å²) in [5, 5.41) is 11.5. The van der Waals surface area contributed by atoms with Crippen molar-refractivity contribution in [2.75, 3.05) is 0 Å². The number of benzene rings is 4. The van der Waals surface area contributed by atoms with E-state index < -0.39 is 47.4 Å². The molecular weight excluding hydrogens is 741 g/mol. The molecule has 11 nitrogen and oxygen atoms in total. The molecular formula is C48H54N6O5. The van der Waals surface area contributed by atoms with Gasteiger partial charge in [0, 0.05) is 37.6 Å². The van der Waals surface area contributed by atoms with E-state index in [0.717, 1.165) is 22.3 Å². The Morgan fingerprint density at radius 2 is 1.12 bits per heavy atom. The number of amides is 4. The number of rotatable bonds is 10. The molecule has 6 rings (SSSR count). The van der Waals surface area contributed by atoms with Gasteiger partial charge in [-0.15, -0.1) is 0 Å². The molecule has 2 heterocycles. The fraction of sp³-hybridized carbons (Fsp3) is 0.333. The minimum atomic E-state index is -1.04. The highest BCUT2D eigenvalue weighted by molar-refractivity contribution is 5.96. The highest BCUT2D eigenvalue weighted by Crippen LogP contribution is 2.41. The normalized spacial score (nSPS) is 20.2. The van der Waals surface area contributed by atoms with E-state index in [1.54, 1.807) is 19.4 Å². The molecule has 0 saturated carbocycles. The standard InChI is InChI=1S/C48H54N6O5/c1-33(2)28-41-46(58)50-34(3)45(57)52-40(43(55)26-16-17-27-44(56)51-42(47(59)53-41)29-35-18-8-4-9-19-35)30-39-31-49-32-54(39)48(36-20-10-5-11-21-36,37-22-12-6-13-23-37)38-24-14-7-15-25-38/h4-15,18-25,31-34,40-42H,16-17,26-30H2,1-3H3,(H,50,58)(H,51,56)(H,52,57)(H,53,59)/t34-,40-,41-,42-/m0/s1. The minimum absolute atomic E-state index is 0.0214. The van der Waals surface area contributed by atoms with E-state index in [-0.39, 0.29) is 43.3 Å². The van der Waals surface area contributed by atoms with E-state index in [9.17, 15) is 24.0 Å². The first kappa shape index (κ1) is 42.3. The van der Waals surface area contributed by atoms with Crippen molar-refractivity contribution in [1.29, 1.82) is 0 Å². The van der Waals surface area contributed by atoms with E-state index >= 15 is 0 Å². The molecule has 0 unspecified atom stereocenters. The Labute approximate surface area is 346 Å². The van der Waals surface area contributed by atoms with E-state index in [1.807, 2.05) is 98.8 Å². The second-order valence-electron chi connectivity index (χ2n) is 15.7. The monoisotopic (exact) mass is 794 g/mol. The minimum Gasteiger partial charge on any atom is -0.344 e. The van der Waals surface area contributed by atoms with Crippen molar-refractivity contribution in [3.63, 3.8) is 0 Å². The molecule has 4 atom stereocenters. The van der Waals surface area contributed by atoms with E-state index in [0.29, 0.717) is 25.0 Å². The molecule has 0 radical (unpaired) electrons. The summed E-state index contributed by atoms with van der Waals surface area (Å²) in [4.78, 5) is 73.8. The SMILES string of the molecule is CC(C)C[C@@H]1NC(=O)[C@H](Cc2ccccc2)NC(=O)CCCCC(=O)[C@H](Cc2cncn2C(c2ccccc2)(c2ccccc2)c2ccccc2)NC(=O)[C@H](C)NC1=O. The fourth-order valence-electron chi connectivity index (χ4n) is 7.92. The summed E-state index contributed by atoms with van der Waals surface area (Å²) in [6.45, 7) is 5.43. The van der Waals surface area contributed by atoms with Crippen LogP contribution in [0.2, 0.25) is 0 Å². The first-order valence-electron chi connectivity index (χ1n) is 20.5. The first-order chi connectivity index (χ1) is 28.6. The lowest BCUT2D eigenvalue weighted by atomic mass is 9.76. The third-order valence-corrected chi connectivity index (χ3v) is 10.9. The van der Waals surface area contributed by atoms with Crippen LogP contribution in [0, 0.1) is 5.92 Å². The third kappa shape index (κ3) is 10.4. The number of aromatic nitrogens is 2.